The molecule has 4 aliphatic heterocycles. The van der Waals surface area contributed by atoms with E-state index in [1.807, 2.05) is 9.80 Å². The van der Waals surface area contributed by atoms with Crippen LogP contribution >= 0.6 is 0 Å². The molecule has 0 aliphatic carbocycles. The van der Waals surface area contributed by atoms with Crippen molar-refractivity contribution < 1.29 is 14.2 Å². The smallest absolute Gasteiger partial charge is 0.259 e. The molecule has 0 atom stereocenters. The molecule has 4 saturated heterocycles. The summed E-state index contributed by atoms with van der Waals surface area (Å²) in [5.41, 5.74) is -3.07. The molecule has 8 nitrogen and oxygen atoms in total. The average Bonchev–Trinajstić information content (AvgIpc) is 2.52. The van der Waals surface area contributed by atoms with Gasteiger partial charge in [-0.05, 0) is 31.5 Å². The largest absolute Gasteiger partial charge is 0.270 e. The molecule has 0 saturated carbocycles. The Labute approximate surface area is 143 Å². The van der Waals surface area contributed by atoms with Gasteiger partial charge < -0.3 is 0 Å². The van der Waals surface area contributed by atoms with Gasteiger partial charge in [0.05, 0.1) is 32.3 Å². The molecule has 4 aliphatic rings. The summed E-state index contributed by atoms with van der Waals surface area (Å²) in [6.07, 6.45) is -0.294. The van der Waals surface area contributed by atoms with Gasteiger partial charge in [-0.15, -0.1) is 0 Å². The zero-order valence-electron chi connectivity index (χ0n) is 14.0. The molecule has 1 aromatic carbocycles. The predicted molar refractivity (Wildman–Crippen MR) is 85.5 cm³/mol. The first-order valence-corrected chi connectivity index (χ1v) is 8.17. The normalized spacial score (nSPS) is 40.8. The Hall–Kier alpha value is -2.13. The monoisotopic (exact) mass is 350 g/mol. The van der Waals surface area contributed by atoms with Gasteiger partial charge in [0.25, 0.3) is 11.1 Å². The highest BCUT2D eigenvalue weighted by Crippen LogP contribution is 2.58. The zero-order chi connectivity index (χ0) is 18.2. The van der Waals surface area contributed by atoms with Gasteiger partial charge in [-0.3, -0.25) is 30.0 Å². The van der Waals surface area contributed by atoms with Gasteiger partial charge in [0.2, 0.25) is 0 Å². The molecule has 5 rings (SSSR count). The maximum Gasteiger partial charge on any atom is 0.259 e. The first kappa shape index (κ1) is 16.3. The van der Waals surface area contributed by atoms with Crippen LogP contribution in [0.2, 0.25) is 0 Å². The average molecular weight is 350 g/mol. The molecular formula is C16H19FN4O4. The molecule has 0 spiro atoms. The van der Waals surface area contributed by atoms with Crippen molar-refractivity contribution >= 4 is 0 Å². The zero-order valence-corrected chi connectivity index (χ0v) is 14.0. The first-order valence-electron chi connectivity index (χ1n) is 8.17. The molecule has 4 fully saturated rings. The molecule has 4 heterocycles. The third-order valence-corrected chi connectivity index (χ3v) is 6.74. The third-order valence-electron chi connectivity index (χ3n) is 6.74. The fourth-order valence-corrected chi connectivity index (χ4v) is 5.10. The van der Waals surface area contributed by atoms with E-state index in [9.17, 15) is 24.6 Å². The molecule has 4 bridgehead atoms. The molecular weight excluding hydrogens is 331 g/mol. The van der Waals surface area contributed by atoms with Crippen molar-refractivity contribution in [1.82, 2.24) is 9.80 Å². The summed E-state index contributed by atoms with van der Waals surface area (Å²) in [5, 5.41) is 24.0. The number of piperidine rings is 2. The summed E-state index contributed by atoms with van der Waals surface area (Å²) in [6.45, 7) is 3.93. The SMILES string of the molecule is CC1(C)C2([N+](=O)[O-])CN3CC1([N+](=O)[O-])CN(C2)C3c1ccc(F)cc1. The lowest BCUT2D eigenvalue weighted by Gasteiger charge is -2.66. The van der Waals surface area contributed by atoms with Crippen molar-refractivity contribution in [1.29, 1.82) is 0 Å². The lowest BCUT2D eigenvalue weighted by molar-refractivity contribution is -0.679. The Bertz CT molecular complexity index is 714. The van der Waals surface area contributed by atoms with E-state index in [0.717, 1.165) is 5.56 Å². The Balaban J connectivity index is 1.83. The molecule has 0 N–H and O–H groups in total. The minimum absolute atomic E-state index is 0.154. The van der Waals surface area contributed by atoms with Crippen LogP contribution < -0.4 is 0 Å². The fourth-order valence-electron chi connectivity index (χ4n) is 5.10. The summed E-state index contributed by atoms with van der Waals surface area (Å²) >= 11 is 0. The number of benzene rings is 1. The van der Waals surface area contributed by atoms with Crippen LogP contribution in [0.4, 0.5) is 4.39 Å². The molecule has 134 valence electrons. The van der Waals surface area contributed by atoms with E-state index in [1.165, 1.54) is 12.1 Å². The molecule has 0 radical (unpaired) electrons. The number of hydrogen-bond donors (Lipinski definition) is 0. The van der Waals surface area contributed by atoms with Crippen molar-refractivity contribution in [2.24, 2.45) is 5.41 Å². The van der Waals surface area contributed by atoms with E-state index in [0.29, 0.717) is 0 Å². The van der Waals surface area contributed by atoms with E-state index in [1.54, 1.807) is 26.0 Å². The van der Waals surface area contributed by atoms with Crippen LogP contribution in [0.25, 0.3) is 0 Å². The van der Waals surface area contributed by atoms with E-state index < -0.39 is 16.5 Å². The van der Waals surface area contributed by atoms with Gasteiger partial charge in [0.1, 0.15) is 11.2 Å². The molecule has 1 aromatic rings. The minimum atomic E-state index is -1.40. The Kier molecular flexibility index (Phi) is 3.09. The highest BCUT2D eigenvalue weighted by Gasteiger charge is 2.81. The lowest BCUT2D eigenvalue weighted by Crippen LogP contribution is -2.88. The van der Waals surface area contributed by atoms with Gasteiger partial charge in [-0.2, -0.15) is 0 Å². The molecule has 0 aromatic heterocycles. The Morgan fingerprint density at radius 1 is 0.960 bits per heavy atom. The lowest BCUT2D eigenvalue weighted by atomic mass is 9.53. The highest BCUT2D eigenvalue weighted by molar-refractivity contribution is 5.28. The summed E-state index contributed by atoms with van der Waals surface area (Å²) < 4.78 is 13.2. The van der Waals surface area contributed by atoms with E-state index >= 15 is 0 Å². The van der Waals surface area contributed by atoms with Gasteiger partial charge in [-0.1, -0.05) is 12.1 Å². The van der Waals surface area contributed by atoms with Crippen molar-refractivity contribution in [3.63, 3.8) is 0 Å². The van der Waals surface area contributed by atoms with Crippen molar-refractivity contribution in [3.05, 3.63) is 55.9 Å². The van der Waals surface area contributed by atoms with Crippen LogP contribution in [0.1, 0.15) is 25.6 Å². The second-order valence-electron chi connectivity index (χ2n) is 7.94. The van der Waals surface area contributed by atoms with Gasteiger partial charge in [-0.25, -0.2) is 4.39 Å². The van der Waals surface area contributed by atoms with Crippen LogP contribution in [0.5, 0.6) is 0 Å². The summed E-state index contributed by atoms with van der Waals surface area (Å²) in [6, 6.07) is 5.98. The summed E-state index contributed by atoms with van der Waals surface area (Å²) in [4.78, 5) is 27.0. The molecule has 0 unspecified atom stereocenters. The number of hydrogen-bond acceptors (Lipinski definition) is 6. The maximum atomic E-state index is 13.2. The topological polar surface area (TPSA) is 92.8 Å². The number of rotatable bonds is 3. The number of nitro groups is 2. The van der Waals surface area contributed by atoms with Gasteiger partial charge in [0.15, 0.2) is 0 Å². The maximum absolute atomic E-state index is 13.2. The summed E-state index contributed by atoms with van der Waals surface area (Å²) in [7, 11) is 0. The Morgan fingerprint density at radius 3 is 1.72 bits per heavy atom. The Morgan fingerprint density at radius 2 is 1.36 bits per heavy atom. The van der Waals surface area contributed by atoms with Crippen LogP contribution in [0.15, 0.2) is 24.3 Å². The second kappa shape index (κ2) is 4.73. The second-order valence-corrected chi connectivity index (χ2v) is 7.94. The van der Waals surface area contributed by atoms with E-state index in [4.69, 9.17) is 0 Å². The first-order chi connectivity index (χ1) is 11.6. The minimum Gasteiger partial charge on any atom is -0.270 e. The quantitative estimate of drug-likeness (QED) is 0.606. The molecule has 25 heavy (non-hydrogen) atoms. The summed E-state index contributed by atoms with van der Waals surface area (Å²) in [5.74, 6) is -0.359. The van der Waals surface area contributed by atoms with Crippen LogP contribution in [-0.2, 0) is 0 Å². The van der Waals surface area contributed by atoms with Crippen molar-refractivity contribution in [2.75, 3.05) is 26.2 Å². The van der Waals surface area contributed by atoms with Gasteiger partial charge in [0, 0.05) is 9.85 Å². The van der Waals surface area contributed by atoms with Crippen LogP contribution in [-0.4, -0.2) is 56.9 Å². The van der Waals surface area contributed by atoms with Crippen LogP contribution in [0, 0.1) is 31.5 Å². The van der Waals surface area contributed by atoms with Crippen molar-refractivity contribution in [2.45, 2.75) is 31.1 Å². The molecule has 9 heteroatoms. The molecule has 0 amide bonds. The van der Waals surface area contributed by atoms with Crippen molar-refractivity contribution in [3.8, 4) is 0 Å². The fraction of sp³-hybridized carbons (Fsp3) is 0.625. The predicted octanol–water partition coefficient (Wildman–Crippen LogP) is 1.53. The number of halogens is 1. The number of nitrogens with zero attached hydrogens (tertiary/aromatic N) is 4. The van der Waals surface area contributed by atoms with E-state index in [2.05, 4.69) is 0 Å². The van der Waals surface area contributed by atoms with Gasteiger partial charge >= 0.3 is 0 Å². The standard InChI is InChI=1S/C16H19FN4O4/c1-14(2)15(20(22)23)7-18-9-16(14,21(24)25)10-19(8-15)13(18)11-3-5-12(17)6-4-11/h3-6,13H,7-10H2,1-2H3. The third kappa shape index (κ3) is 1.77. The highest BCUT2D eigenvalue weighted by atomic mass is 19.1. The van der Waals surface area contributed by atoms with Crippen LogP contribution in [0.3, 0.4) is 0 Å². The van der Waals surface area contributed by atoms with E-state index in [-0.39, 0.29) is 48.0 Å².